The Hall–Kier alpha value is -1.36. The Labute approximate surface area is 85.6 Å². The van der Waals surface area contributed by atoms with Crippen LogP contribution in [-0.4, -0.2) is 4.98 Å². The average Bonchev–Trinajstić information content (AvgIpc) is 2.28. The fourth-order valence-electron chi connectivity index (χ4n) is 1.55. The van der Waals surface area contributed by atoms with Gasteiger partial charge in [-0.25, -0.2) is 0 Å². The average molecular weight is 188 g/mol. The second-order valence-electron chi connectivity index (χ2n) is 3.60. The maximum atomic E-state index is 9.16. The van der Waals surface area contributed by atoms with Crippen LogP contribution in [0.2, 0.25) is 0 Å². The van der Waals surface area contributed by atoms with Gasteiger partial charge in [0.25, 0.3) is 0 Å². The molecule has 0 bridgehead atoms. The summed E-state index contributed by atoms with van der Waals surface area (Å²) in [6, 6.07) is 8.27. The van der Waals surface area contributed by atoms with Crippen LogP contribution in [0, 0.1) is 16.7 Å². The molecule has 0 aliphatic rings. The summed E-state index contributed by atoms with van der Waals surface area (Å²) >= 11 is 0. The van der Waals surface area contributed by atoms with Gasteiger partial charge in [-0.3, -0.25) is 4.98 Å². The van der Waals surface area contributed by atoms with Gasteiger partial charge >= 0.3 is 0 Å². The Morgan fingerprint density at radius 3 is 2.50 bits per heavy atom. The zero-order chi connectivity index (χ0) is 10.4. The van der Waals surface area contributed by atoms with E-state index < -0.39 is 0 Å². The zero-order valence-electron chi connectivity index (χ0n) is 8.83. The number of aromatic nitrogens is 1. The third-order valence-electron chi connectivity index (χ3n) is 2.84. The van der Waals surface area contributed by atoms with Crippen molar-refractivity contribution in [3.8, 4) is 6.07 Å². The number of hydrogen-bond acceptors (Lipinski definition) is 2. The highest BCUT2D eigenvalue weighted by Gasteiger charge is 2.26. The molecular weight excluding hydrogens is 172 g/mol. The first-order chi connectivity index (χ1) is 6.76. The van der Waals surface area contributed by atoms with Crippen molar-refractivity contribution in [1.82, 2.24) is 4.98 Å². The molecule has 0 spiro atoms. The third kappa shape index (κ3) is 2.32. The van der Waals surface area contributed by atoms with Crippen molar-refractivity contribution in [3.05, 3.63) is 30.1 Å². The molecule has 0 aliphatic heterocycles. The molecule has 0 radical (unpaired) electrons. The first kappa shape index (κ1) is 10.7. The summed E-state index contributed by atoms with van der Waals surface area (Å²) in [6.45, 7) is 4.13. The minimum atomic E-state index is -0.228. The monoisotopic (exact) mass is 188 g/mol. The smallest absolute Gasteiger partial charge is 0.0693 e. The van der Waals surface area contributed by atoms with E-state index in [1.165, 1.54) is 0 Å². The summed E-state index contributed by atoms with van der Waals surface area (Å²) in [4.78, 5) is 4.26. The maximum Gasteiger partial charge on any atom is 0.0693 e. The fourth-order valence-corrected chi connectivity index (χ4v) is 1.55. The Morgan fingerprint density at radius 1 is 1.36 bits per heavy atom. The maximum absolute atomic E-state index is 9.16. The zero-order valence-corrected chi connectivity index (χ0v) is 8.83. The predicted octanol–water partition coefficient (Wildman–Crippen LogP) is 2.95. The van der Waals surface area contributed by atoms with Crippen molar-refractivity contribution >= 4 is 0 Å². The molecule has 0 aliphatic carbocycles. The van der Waals surface area contributed by atoms with Crippen LogP contribution in [0.3, 0.4) is 0 Å². The molecule has 0 saturated heterocycles. The first-order valence-corrected chi connectivity index (χ1v) is 5.07. The summed E-state index contributed by atoms with van der Waals surface area (Å²) in [5.74, 6) is 0. The van der Waals surface area contributed by atoms with Crippen LogP contribution in [0.4, 0.5) is 0 Å². The number of pyridine rings is 1. The van der Waals surface area contributed by atoms with E-state index in [2.05, 4.69) is 24.9 Å². The SMILES string of the molecule is CCC(C#N)(CC)Cc1ccccn1. The number of hydrogen-bond donors (Lipinski definition) is 0. The minimum Gasteiger partial charge on any atom is -0.261 e. The van der Waals surface area contributed by atoms with E-state index in [9.17, 15) is 0 Å². The molecule has 0 fully saturated rings. The van der Waals surface area contributed by atoms with E-state index in [4.69, 9.17) is 5.26 Å². The molecule has 0 unspecified atom stereocenters. The second-order valence-corrected chi connectivity index (χ2v) is 3.60. The summed E-state index contributed by atoms with van der Waals surface area (Å²) in [7, 11) is 0. The molecular formula is C12H16N2. The molecule has 2 nitrogen and oxygen atoms in total. The molecule has 0 atom stereocenters. The molecule has 0 N–H and O–H groups in total. The molecule has 0 saturated carbocycles. The van der Waals surface area contributed by atoms with Crippen molar-refractivity contribution in [2.45, 2.75) is 33.1 Å². The molecule has 0 aromatic carbocycles. The normalized spacial score (nSPS) is 10.9. The van der Waals surface area contributed by atoms with Crippen molar-refractivity contribution in [2.24, 2.45) is 5.41 Å². The van der Waals surface area contributed by atoms with Gasteiger partial charge in [0.1, 0.15) is 0 Å². The van der Waals surface area contributed by atoms with Gasteiger partial charge in [0.15, 0.2) is 0 Å². The minimum absolute atomic E-state index is 0.228. The first-order valence-electron chi connectivity index (χ1n) is 5.07. The van der Waals surface area contributed by atoms with Crippen molar-refractivity contribution in [2.75, 3.05) is 0 Å². The molecule has 74 valence electrons. The topological polar surface area (TPSA) is 36.7 Å². The van der Waals surface area contributed by atoms with Crippen LogP contribution in [-0.2, 0) is 6.42 Å². The molecule has 1 rings (SSSR count). The number of rotatable bonds is 4. The molecule has 2 heteroatoms. The van der Waals surface area contributed by atoms with Gasteiger partial charge in [-0.15, -0.1) is 0 Å². The quantitative estimate of drug-likeness (QED) is 0.728. The lowest BCUT2D eigenvalue weighted by Gasteiger charge is -2.22. The standard InChI is InChI=1S/C12H16N2/c1-3-12(4-2,10-13)9-11-7-5-6-8-14-11/h5-8H,3-4,9H2,1-2H3. The van der Waals surface area contributed by atoms with Gasteiger partial charge in [-0.1, -0.05) is 19.9 Å². The highest BCUT2D eigenvalue weighted by molar-refractivity contribution is 5.11. The molecule has 1 heterocycles. The van der Waals surface area contributed by atoms with E-state index in [1.807, 2.05) is 18.2 Å². The Balaban J connectivity index is 2.81. The summed E-state index contributed by atoms with van der Waals surface area (Å²) < 4.78 is 0. The lowest BCUT2D eigenvalue weighted by molar-refractivity contribution is 0.359. The lowest BCUT2D eigenvalue weighted by atomic mass is 9.80. The Bertz CT molecular complexity index is 307. The van der Waals surface area contributed by atoms with Gasteiger partial charge in [0.05, 0.1) is 11.5 Å². The van der Waals surface area contributed by atoms with Crippen molar-refractivity contribution in [3.63, 3.8) is 0 Å². The van der Waals surface area contributed by atoms with Crippen LogP contribution in [0.25, 0.3) is 0 Å². The van der Waals surface area contributed by atoms with Gasteiger partial charge in [0.2, 0.25) is 0 Å². The van der Waals surface area contributed by atoms with Crippen LogP contribution in [0.5, 0.6) is 0 Å². The van der Waals surface area contributed by atoms with E-state index in [-0.39, 0.29) is 5.41 Å². The molecule has 1 aromatic heterocycles. The Morgan fingerprint density at radius 2 is 2.07 bits per heavy atom. The van der Waals surface area contributed by atoms with E-state index in [1.54, 1.807) is 6.20 Å². The second kappa shape index (κ2) is 4.76. The van der Waals surface area contributed by atoms with Crippen LogP contribution < -0.4 is 0 Å². The van der Waals surface area contributed by atoms with Gasteiger partial charge in [-0.2, -0.15) is 5.26 Å². The molecule has 0 amide bonds. The van der Waals surface area contributed by atoms with E-state index in [0.29, 0.717) is 0 Å². The number of nitriles is 1. The van der Waals surface area contributed by atoms with E-state index in [0.717, 1.165) is 25.0 Å². The lowest BCUT2D eigenvalue weighted by Crippen LogP contribution is -2.20. The van der Waals surface area contributed by atoms with Crippen LogP contribution >= 0.6 is 0 Å². The highest BCUT2D eigenvalue weighted by atomic mass is 14.7. The molecule has 1 aromatic rings. The summed E-state index contributed by atoms with van der Waals surface area (Å²) in [5.41, 5.74) is 0.784. The van der Waals surface area contributed by atoms with Gasteiger partial charge < -0.3 is 0 Å². The third-order valence-corrected chi connectivity index (χ3v) is 2.84. The van der Waals surface area contributed by atoms with Crippen molar-refractivity contribution < 1.29 is 0 Å². The molecule has 14 heavy (non-hydrogen) atoms. The Kier molecular flexibility index (Phi) is 3.64. The van der Waals surface area contributed by atoms with Crippen molar-refractivity contribution in [1.29, 1.82) is 5.26 Å². The summed E-state index contributed by atoms with van der Waals surface area (Å²) in [6.07, 6.45) is 4.31. The van der Waals surface area contributed by atoms with Gasteiger partial charge in [-0.05, 0) is 25.0 Å². The largest absolute Gasteiger partial charge is 0.261 e. The van der Waals surface area contributed by atoms with Crippen LogP contribution in [0.1, 0.15) is 32.4 Å². The predicted molar refractivity (Wildman–Crippen MR) is 56.6 cm³/mol. The fraction of sp³-hybridized carbons (Fsp3) is 0.500. The summed E-state index contributed by atoms with van der Waals surface area (Å²) in [5, 5.41) is 9.16. The van der Waals surface area contributed by atoms with E-state index >= 15 is 0 Å². The van der Waals surface area contributed by atoms with Crippen LogP contribution in [0.15, 0.2) is 24.4 Å². The highest BCUT2D eigenvalue weighted by Crippen LogP contribution is 2.29. The van der Waals surface area contributed by atoms with Gasteiger partial charge in [0, 0.05) is 18.3 Å². The number of nitrogens with zero attached hydrogens (tertiary/aromatic N) is 2.